The zero-order valence-corrected chi connectivity index (χ0v) is 22.8. The molecule has 34 heavy (non-hydrogen) atoms. The molecule has 1 aliphatic rings. The molecule has 2 N–H and O–H groups in total. The van der Waals surface area contributed by atoms with Gasteiger partial charge in [-0.2, -0.15) is 0 Å². The summed E-state index contributed by atoms with van der Waals surface area (Å²) in [6, 6.07) is 7.54. The quantitative estimate of drug-likeness (QED) is 0.181. The number of hydrogen-bond donors (Lipinski definition) is 1. The van der Waals surface area contributed by atoms with Gasteiger partial charge in [-0.05, 0) is 33.3 Å². The first-order valence-electron chi connectivity index (χ1n) is 12.4. The van der Waals surface area contributed by atoms with Gasteiger partial charge in [-0.15, -0.1) is 0 Å². The lowest BCUT2D eigenvalue weighted by Crippen LogP contribution is -2.26. The monoisotopic (exact) mass is 504 g/mol. The molecule has 2 rings (SSSR count). The van der Waals surface area contributed by atoms with E-state index in [4.69, 9.17) is 18.0 Å². The number of thiocarbonyl (C=S) groups is 1. The van der Waals surface area contributed by atoms with Crippen LogP contribution in [0.4, 0.5) is 5.69 Å². The van der Waals surface area contributed by atoms with Gasteiger partial charge in [-0.25, -0.2) is 0 Å². The number of unbranched alkanes of at least 4 members (excludes halogenated alkanes) is 8. The SMILES string of the molecule is CCCCCCCCCCCC(N)=O.CCN1C(=O)/C(=C(\SC(C)=S)C(C)=O)c2ccccc21. The lowest BCUT2D eigenvalue weighted by Gasteiger charge is -2.13. The van der Waals surface area contributed by atoms with Gasteiger partial charge in [0.25, 0.3) is 5.91 Å². The summed E-state index contributed by atoms with van der Waals surface area (Å²) in [5.74, 6) is -0.411. The summed E-state index contributed by atoms with van der Waals surface area (Å²) in [4.78, 5) is 37.0. The number of carbonyl (C=O) groups is 3. The van der Waals surface area contributed by atoms with Crippen LogP contribution in [-0.2, 0) is 14.4 Å². The number of ketones is 1. The molecule has 0 saturated heterocycles. The zero-order valence-electron chi connectivity index (χ0n) is 21.2. The third-order valence-electron chi connectivity index (χ3n) is 5.56. The first-order chi connectivity index (χ1) is 16.2. The van der Waals surface area contributed by atoms with Crippen LogP contribution < -0.4 is 10.6 Å². The molecule has 0 radical (unpaired) electrons. The highest BCUT2D eigenvalue weighted by Gasteiger charge is 2.34. The van der Waals surface area contributed by atoms with Gasteiger partial charge in [0.2, 0.25) is 5.91 Å². The van der Waals surface area contributed by atoms with E-state index in [1.54, 1.807) is 11.8 Å². The highest BCUT2D eigenvalue weighted by atomic mass is 32.2. The molecule has 1 heterocycles. The summed E-state index contributed by atoms with van der Waals surface area (Å²) in [6.07, 6.45) is 12.1. The zero-order chi connectivity index (χ0) is 25.5. The van der Waals surface area contributed by atoms with Crippen LogP contribution in [0.2, 0.25) is 0 Å². The number of Topliss-reactive ketones (excluding diaryl/α,β-unsaturated/α-hetero) is 1. The first kappa shape index (κ1) is 30.0. The number of rotatable bonds is 13. The topological polar surface area (TPSA) is 80.5 Å². The first-order valence-corrected chi connectivity index (χ1v) is 13.6. The highest BCUT2D eigenvalue weighted by Crippen LogP contribution is 2.41. The third kappa shape index (κ3) is 10.1. The summed E-state index contributed by atoms with van der Waals surface area (Å²) in [5.41, 5.74) is 7.20. The van der Waals surface area contributed by atoms with Gasteiger partial charge >= 0.3 is 0 Å². The van der Waals surface area contributed by atoms with Crippen molar-refractivity contribution in [2.24, 2.45) is 5.73 Å². The van der Waals surface area contributed by atoms with Crippen LogP contribution in [0, 0.1) is 0 Å². The minimum Gasteiger partial charge on any atom is -0.370 e. The molecule has 0 fully saturated rings. The fraction of sp³-hybridized carbons (Fsp3) is 0.556. The summed E-state index contributed by atoms with van der Waals surface area (Å²) in [5, 5.41) is 0. The van der Waals surface area contributed by atoms with Crippen molar-refractivity contribution < 1.29 is 14.4 Å². The Bertz CT molecular complexity index is 880. The third-order valence-corrected chi connectivity index (χ3v) is 6.79. The van der Waals surface area contributed by atoms with Gasteiger partial charge in [0.05, 0.1) is 16.2 Å². The minimum absolute atomic E-state index is 0.123. The fourth-order valence-corrected chi connectivity index (χ4v) is 4.85. The number of nitrogens with two attached hydrogens (primary N) is 1. The van der Waals surface area contributed by atoms with Crippen molar-refractivity contribution in [3.8, 4) is 0 Å². The molecule has 5 nitrogen and oxygen atoms in total. The summed E-state index contributed by atoms with van der Waals surface area (Å²) in [7, 11) is 0. The predicted octanol–water partition coefficient (Wildman–Crippen LogP) is 6.83. The predicted molar refractivity (Wildman–Crippen MR) is 149 cm³/mol. The summed E-state index contributed by atoms with van der Waals surface area (Å²) < 4.78 is 0.628. The average molecular weight is 505 g/mol. The molecule has 0 bridgehead atoms. The molecule has 188 valence electrons. The van der Waals surface area contributed by atoms with E-state index < -0.39 is 0 Å². The van der Waals surface area contributed by atoms with Crippen molar-refractivity contribution in [2.75, 3.05) is 11.4 Å². The Morgan fingerprint density at radius 3 is 2.00 bits per heavy atom. The highest BCUT2D eigenvalue weighted by molar-refractivity contribution is 8.26. The molecule has 2 amide bonds. The van der Waals surface area contributed by atoms with E-state index in [1.807, 2.05) is 31.2 Å². The second-order valence-corrected chi connectivity index (χ2v) is 10.6. The van der Waals surface area contributed by atoms with Gasteiger partial charge in [0.15, 0.2) is 5.78 Å². The maximum absolute atomic E-state index is 12.6. The van der Waals surface area contributed by atoms with Crippen molar-refractivity contribution >= 4 is 57.0 Å². The Kier molecular flexibility index (Phi) is 14.7. The number of hydrogen-bond acceptors (Lipinski definition) is 5. The second-order valence-electron chi connectivity index (χ2n) is 8.47. The van der Waals surface area contributed by atoms with Crippen molar-refractivity contribution in [3.63, 3.8) is 0 Å². The fourth-order valence-electron chi connectivity index (χ4n) is 3.87. The molecule has 0 atom stereocenters. The number of carbonyl (C=O) groups excluding carboxylic acids is 3. The number of amides is 2. The van der Waals surface area contributed by atoms with Crippen molar-refractivity contribution in [3.05, 3.63) is 34.7 Å². The van der Waals surface area contributed by atoms with Gasteiger partial charge in [0.1, 0.15) is 0 Å². The van der Waals surface area contributed by atoms with Gasteiger partial charge in [0, 0.05) is 22.7 Å². The average Bonchev–Trinajstić information content (AvgIpc) is 3.07. The number of primary amides is 1. The molecule has 0 spiro atoms. The van der Waals surface area contributed by atoms with E-state index in [0.29, 0.717) is 27.6 Å². The largest absolute Gasteiger partial charge is 0.370 e. The van der Waals surface area contributed by atoms with Crippen LogP contribution in [0.25, 0.3) is 5.57 Å². The number of fused-ring (bicyclic) bond motifs is 1. The van der Waals surface area contributed by atoms with E-state index in [0.717, 1.165) is 24.1 Å². The second kappa shape index (κ2) is 16.6. The Balaban J connectivity index is 0.000000365. The Morgan fingerprint density at radius 2 is 1.50 bits per heavy atom. The van der Waals surface area contributed by atoms with Crippen molar-refractivity contribution in [2.45, 2.75) is 91.9 Å². The number of benzene rings is 1. The Morgan fingerprint density at radius 1 is 0.941 bits per heavy atom. The van der Waals surface area contributed by atoms with Crippen LogP contribution in [-0.4, -0.2) is 28.3 Å². The van der Waals surface area contributed by atoms with Gasteiger partial charge < -0.3 is 10.6 Å². The van der Waals surface area contributed by atoms with Crippen LogP contribution in [0.5, 0.6) is 0 Å². The van der Waals surface area contributed by atoms with E-state index >= 15 is 0 Å². The molecule has 0 saturated carbocycles. The smallest absolute Gasteiger partial charge is 0.260 e. The number of thioether (sulfide) groups is 1. The number of likely N-dealkylation sites (N-methyl/N-ethyl adjacent to an activating group) is 1. The Labute approximate surface area is 214 Å². The van der Waals surface area contributed by atoms with Crippen molar-refractivity contribution in [1.29, 1.82) is 0 Å². The van der Waals surface area contributed by atoms with E-state index in [-0.39, 0.29) is 17.6 Å². The number of nitrogens with zero attached hydrogens (tertiary/aromatic N) is 1. The Hall–Kier alpha value is -1.99. The maximum Gasteiger partial charge on any atom is 0.260 e. The lowest BCUT2D eigenvalue weighted by atomic mass is 10.1. The van der Waals surface area contributed by atoms with Crippen molar-refractivity contribution in [1.82, 2.24) is 0 Å². The molecular formula is C27H40N2O3S2. The van der Waals surface area contributed by atoms with Gasteiger partial charge in [-0.3, -0.25) is 14.4 Å². The molecule has 1 aromatic rings. The molecule has 7 heteroatoms. The van der Waals surface area contributed by atoms with E-state index in [9.17, 15) is 14.4 Å². The minimum atomic E-state index is -0.159. The number of para-hydroxylation sites is 1. The molecule has 1 aliphatic heterocycles. The summed E-state index contributed by atoms with van der Waals surface area (Å²) >= 11 is 6.27. The maximum atomic E-state index is 12.6. The molecule has 0 aromatic heterocycles. The van der Waals surface area contributed by atoms with E-state index in [1.165, 1.54) is 63.6 Å². The number of allylic oxidation sites excluding steroid dienone is 1. The lowest BCUT2D eigenvalue weighted by molar-refractivity contribution is -0.118. The van der Waals surface area contributed by atoms with Crippen LogP contribution in [0.3, 0.4) is 0 Å². The molecule has 0 unspecified atom stereocenters. The van der Waals surface area contributed by atoms with Crippen LogP contribution >= 0.6 is 24.0 Å². The van der Waals surface area contributed by atoms with Gasteiger partial charge in [-0.1, -0.05) is 100 Å². The number of anilines is 1. The van der Waals surface area contributed by atoms with E-state index in [2.05, 4.69) is 6.92 Å². The standard InChI is InChI=1S/C15H15NO2S2.C12H25NO/c1-4-16-12-8-6-5-7-11(12)13(15(16)18)14(9(2)17)20-10(3)19;1-2-3-4-5-6-7-8-9-10-11-12(13)14/h5-8H,4H2,1-3H3;2-11H2,1H3,(H2,13,14)/b14-13-;. The molecule has 0 aliphatic carbocycles. The van der Waals surface area contributed by atoms with Crippen LogP contribution in [0.15, 0.2) is 29.2 Å². The molecule has 1 aromatic carbocycles. The molecular weight excluding hydrogens is 464 g/mol. The normalized spacial score (nSPS) is 13.8. The van der Waals surface area contributed by atoms with Crippen LogP contribution in [0.1, 0.15) is 97.5 Å². The summed E-state index contributed by atoms with van der Waals surface area (Å²) in [6.45, 7) is 7.96.